The van der Waals surface area contributed by atoms with Crippen LogP contribution in [0.5, 0.6) is 0 Å². The van der Waals surface area contributed by atoms with Crippen LogP contribution >= 0.6 is 0 Å². The van der Waals surface area contributed by atoms with Crippen molar-refractivity contribution in [1.29, 1.82) is 0 Å². The number of nitrogens with two attached hydrogens (primary N) is 1. The molecule has 1 unspecified atom stereocenters. The molecule has 1 aliphatic rings. The van der Waals surface area contributed by atoms with Gasteiger partial charge < -0.3 is 5.73 Å². The normalized spacial score (nSPS) is 24.5. The molecule has 0 aliphatic heterocycles. The van der Waals surface area contributed by atoms with Crippen LogP contribution in [-0.4, -0.2) is 6.54 Å². The maximum Gasteiger partial charge on any atom is 0.00808 e. The molecule has 88 valence electrons. The molecule has 2 N–H and O–H groups in total. The van der Waals surface area contributed by atoms with Gasteiger partial charge in [0.25, 0.3) is 0 Å². The summed E-state index contributed by atoms with van der Waals surface area (Å²) in [6, 6.07) is 8.89. The Balaban J connectivity index is 2.40. The van der Waals surface area contributed by atoms with Gasteiger partial charge in [0.2, 0.25) is 0 Å². The lowest BCUT2D eigenvalue weighted by Crippen LogP contribution is -2.39. The van der Waals surface area contributed by atoms with Gasteiger partial charge in [-0.15, -0.1) is 0 Å². The van der Waals surface area contributed by atoms with Gasteiger partial charge in [-0.3, -0.25) is 0 Å². The fourth-order valence-electron chi connectivity index (χ4n) is 3.30. The summed E-state index contributed by atoms with van der Waals surface area (Å²) in [5, 5.41) is 0. The molecule has 0 amide bonds. The summed E-state index contributed by atoms with van der Waals surface area (Å²) in [4.78, 5) is 0. The third-order valence-corrected chi connectivity index (χ3v) is 3.88. The van der Waals surface area contributed by atoms with Crippen LogP contribution in [-0.2, 0) is 11.8 Å². The molecule has 0 saturated heterocycles. The predicted octanol–water partition coefficient (Wildman–Crippen LogP) is 3.27. The first kappa shape index (κ1) is 11.7. The molecule has 0 saturated carbocycles. The third-order valence-electron chi connectivity index (χ3n) is 3.88. The maximum atomic E-state index is 6.10. The number of hydrogen-bond acceptors (Lipinski definition) is 1. The lowest BCUT2D eigenvalue weighted by atomic mass is 9.66. The third kappa shape index (κ3) is 2.01. The van der Waals surface area contributed by atoms with E-state index in [-0.39, 0.29) is 5.41 Å². The zero-order valence-electron chi connectivity index (χ0n) is 10.5. The van der Waals surface area contributed by atoms with Gasteiger partial charge in [-0.2, -0.15) is 0 Å². The molecule has 0 heterocycles. The number of aryl methyl sites for hydroxylation is 1. The summed E-state index contributed by atoms with van der Waals surface area (Å²) in [5.41, 5.74) is 9.41. The maximum absolute atomic E-state index is 6.10. The highest BCUT2D eigenvalue weighted by atomic mass is 14.6. The van der Waals surface area contributed by atoms with Crippen molar-refractivity contribution in [2.75, 3.05) is 6.54 Å². The molecular weight excluding hydrogens is 194 g/mol. The standard InChI is InChI=1S/C15H23N/c1-12(2)10-15(11-16)9-5-7-13-6-3-4-8-14(13)15/h3-4,6,8,12H,5,7,9-11,16H2,1-2H3. The Morgan fingerprint density at radius 3 is 2.75 bits per heavy atom. The molecule has 1 aliphatic carbocycles. The Kier molecular flexibility index (Phi) is 3.34. The summed E-state index contributed by atoms with van der Waals surface area (Å²) in [6.45, 7) is 5.39. The second-order valence-corrected chi connectivity index (χ2v) is 5.59. The first-order valence-electron chi connectivity index (χ1n) is 6.46. The predicted molar refractivity (Wildman–Crippen MR) is 69.6 cm³/mol. The van der Waals surface area contributed by atoms with Gasteiger partial charge in [0, 0.05) is 12.0 Å². The molecule has 1 aromatic rings. The molecule has 1 atom stereocenters. The summed E-state index contributed by atoms with van der Waals surface area (Å²) in [7, 11) is 0. The number of benzene rings is 1. The van der Waals surface area contributed by atoms with Crippen LogP contribution in [0.3, 0.4) is 0 Å². The van der Waals surface area contributed by atoms with E-state index in [1.807, 2.05) is 0 Å². The van der Waals surface area contributed by atoms with Gasteiger partial charge in [-0.1, -0.05) is 38.1 Å². The SMILES string of the molecule is CC(C)CC1(CN)CCCc2ccccc21. The Hall–Kier alpha value is -0.820. The molecule has 0 fully saturated rings. The van der Waals surface area contributed by atoms with E-state index < -0.39 is 0 Å². The molecule has 0 radical (unpaired) electrons. The van der Waals surface area contributed by atoms with E-state index in [9.17, 15) is 0 Å². The first-order chi connectivity index (χ1) is 7.68. The van der Waals surface area contributed by atoms with Crippen molar-refractivity contribution >= 4 is 0 Å². The van der Waals surface area contributed by atoms with E-state index in [4.69, 9.17) is 5.73 Å². The second kappa shape index (κ2) is 4.58. The topological polar surface area (TPSA) is 26.0 Å². The number of fused-ring (bicyclic) bond motifs is 1. The monoisotopic (exact) mass is 217 g/mol. The lowest BCUT2D eigenvalue weighted by molar-refractivity contribution is 0.302. The van der Waals surface area contributed by atoms with Crippen LogP contribution < -0.4 is 5.73 Å². The minimum Gasteiger partial charge on any atom is -0.330 e. The molecule has 1 heteroatoms. The molecule has 1 nitrogen and oxygen atoms in total. The van der Waals surface area contributed by atoms with Gasteiger partial charge in [-0.05, 0) is 42.7 Å². The second-order valence-electron chi connectivity index (χ2n) is 5.59. The van der Waals surface area contributed by atoms with Gasteiger partial charge in [0.1, 0.15) is 0 Å². The summed E-state index contributed by atoms with van der Waals surface area (Å²) in [5.74, 6) is 0.717. The van der Waals surface area contributed by atoms with E-state index in [0.717, 1.165) is 12.5 Å². The Morgan fingerprint density at radius 1 is 1.31 bits per heavy atom. The summed E-state index contributed by atoms with van der Waals surface area (Å²) < 4.78 is 0. The minimum atomic E-state index is 0.253. The van der Waals surface area contributed by atoms with Crippen molar-refractivity contribution in [1.82, 2.24) is 0 Å². The fourth-order valence-corrected chi connectivity index (χ4v) is 3.30. The Bertz CT molecular complexity index is 356. The van der Waals surface area contributed by atoms with Crippen LogP contribution in [0, 0.1) is 5.92 Å². The summed E-state index contributed by atoms with van der Waals surface area (Å²) >= 11 is 0. The highest BCUT2D eigenvalue weighted by molar-refractivity contribution is 5.37. The fraction of sp³-hybridized carbons (Fsp3) is 0.600. The molecule has 0 bridgehead atoms. The van der Waals surface area contributed by atoms with Crippen LogP contribution in [0.15, 0.2) is 24.3 Å². The summed E-state index contributed by atoms with van der Waals surface area (Å²) in [6.07, 6.45) is 5.01. The molecule has 16 heavy (non-hydrogen) atoms. The average Bonchev–Trinajstić information content (AvgIpc) is 2.29. The van der Waals surface area contributed by atoms with Crippen LogP contribution in [0.4, 0.5) is 0 Å². The van der Waals surface area contributed by atoms with E-state index in [2.05, 4.69) is 38.1 Å². The molecular formula is C15H23N. The van der Waals surface area contributed by atoms with E-state index in [1.54, 1.807) is 0 Å². The Labute approximate surface area is 99.0 Å². The van der Waals surface area contributed by atoms with Crippen molar-refractivity contribution in [3.8, 4) is 0 Å². The van der Waals surface area contributed by atoms with Crippen molar-refractivity contribution in [2.24, 2.45) is 11.7 Å². The van der Waals surface area contributed by atoms with Crippen molar-refractivity contribution < 1.29 is 0 Å². The first-order valence-corrected chi connectivity index (χ1v) is 6.46. The van der Waals surface area contributed by atoms with E-state index in [1.165, 1.54) is 36.8 Å². The van der Waals surface area contributed by atoms with Crippen LogP contribution in [0.1, 0.15) is 44.2 Å². The van der Waals surface area contributed by atoms with Crippen molar-refractivity contribution in [3.05, 3.63) is 35.4 Å². The highest BCUT2D eigenvalue weighted by Gasteiger charge is 2.35. The van der Waals surface area contributed by atoms with Gasteiger partial charge in [0.15, 0.2) is 0 Å². The Morgan fingerprint density at radius 2 is 2.06 bits per heavy atom. The van der Waals surface area contributed by atoms with E-state index >= 15 is 0 Å². The zero-order valence-corrected chi connectivity index (χ0v) is 10.5. The molecule has 0 spiro atoms. The minimum absolute atomic E-state index is 0.253. The van der Waals surface area contributed by atoms with Gasteiger partial charge in [0.05, 0.1) is 0 Å². The van der Waals surface area contributed by atoms with Gasteiger partial charge >= 0.3 is 0 Å². The van der Waals surface area contributed by atoms with Crippen molar-refractivity contribution in [3.63, 3.8) is 0 Å². The smallest absolute Gasteiger partial charge is 0.00808 e. The van der Waals surface area contributed by atoms with E-state index in [0.29, 0.717) is 0 Å². The quantitative estimate of drug-likeness (QED) is 0.826. The largest absolute Gasteiger partial charge is 0.330 e. The molecule has 2 rings (SSSR count). The highest BCUT2D eigenvalue weighted by Crippen LogP contribution is 2.41. The molecule has 1 aromatic carbocycles. The van der Waals surface area contributed by atoms with Gasteiger partial charge in [-0.25, -0.2) is 0 Å². The number of rotatable bonds is 3. The number of hydrogen-bond donors (Lipinski definition) is 1. The van der Waals surface area contributed by atoms with Crippen LogP contribution in [0.25, 0.3) is 0 Å². The zero-order chi connectivity index (χ0) is 11.6. The average molecular weight is 217 g/mol. The lowest BCUT2D eigenvalue weighted by Gasteiger charge is -2.39. The van der Waals surface area contributed by atoms with Crippen LogP contribution in [0.2, 0.25) is 0 Å². The molecule has 0 aromatic heterocycles. The van der Waals surface area contributed by atoms with Crippen molar-refractivity contribution in [2.45, 2.75) is 44.9 Å².